The van der Waals surface area contributed by atoms with Crippen molar-refractivity contribution in [2.24, 2.45) is 0 Å². The van der Waals surface area contributed by atoms with E-state index in [1.165, 1.54) is 82.7 Å². The third-order valence-electron chi connectivity index (χ3n) is 13.3. The molecule has 1 heteroatoms. The fraction of sp³-hybridized carbons (Fsp3) is 0.0159. The molecule has 11 aromatic carbocycles. The zero-order valence-corrected chi connectivity index (χ0v) is 35.3. The van der Waals surface area contributed by atoms with E-state index < -0.39 is 5.41 Å². The molecule has 12 rings (SSSR count). The van der Waals surface area contributed by atoms with Gasteiger partial charge in [-0.1, -0.05) is 218 Å². The van der Waals surface area contributed by atoms with Crippen LogP contribution in [0, 0.1) is 0 Å². The fourth-order valence-corrected chi connectivity index (χ4v) is 10.5. The van der Waals surface area contributed by atoms with Gasteiger partial charge in [0, 0.05) is 16.9 Å². The number of benzene rings is 11. The third kappa shape index (κ3) is 6.08. The lowest BCUT2D eigenvalue weighted by molar-refractivity contribution is 0.768. The van der Waals surface area contributed by atoms with E-state index in [2.05, 4.69) is 266 Å². The topological polar surface area (TPSA) is 3.24 Å². The van der Waals surface area contributed by atoms with Crippen LogP contribution < -0.4 is 4.90 Å². The van der Waals surface area contributed by atoms with Crippen molar-refractivity contribution in [2.75, 3.05) is 4.90 Å². The molecule has 0 aromatic heterocycles. The first kappa shape index (κ1) is 37.5. The maximum absolute atomic E-state index is 2.47. The normalized spacial score (nSPS) is 12.5. The smallest absolute Gasteiger partial charge is 0.0714 e. The summed E-state index contributed by atoms with van der Waals surface area (Å²) in [6, 6.07) is 95.8. The van der Waals surface area contributed by atoms with Gasteiger partial charge < -0.3 is 4.90 Å². The van der Waals surface area contributed by atoms with E-state index in [1.54, 1.807) is 0 Å². The van der Waals surface area contributed by atoms with Crippen molar-refractivity contribution < 1.29 is 0 Å². The highest BCUT2D eigenvalue weighted by atomic mass is 15.1. The summed E-state index contributed by atoms with van der Waals surface area (Å²) >= 11 is 0. The standard InChI is InChI=1S/C63H43N/c1-4-19-44(20-5-1)45-37-39-52(40-38-45)64(61-36-18-35-60-62(61)57-33-14-15-34-59(57)63(60,50-25-6-2-7-26-50)51-27-8-3-9-28-51)53-29-17-23-47(42-53)46-22-16-24-48(41-46)58-43-49-21-10-11-30-54(49)55-31-12-13-32-56(55)58/h1-43H. The van der Waals surface area contributed by atoms with Gasteiger partial charge in [-0.25, -0.2) is 0 Å². The summed E-state index contributed by atoms with van der Waals surface area (Å²) in [7, 11) is 0. The van der Waals surface area contributed by atoms with E-state index in [0.717, 1.165) is 22.6 Å². The molecule has 0 heterocycles. The molecule has 0 saturated heterocycles. The number of fused-ring (bicyclic) bond motifs is 6. The van der Waals surface area contributed by atoms with Crippen molar-refractivity contribution in [3.05, 3.63) is 283 Å². The van der Waals surface area contributed by atoms with Crippen LogP contribution in [0.4, 0.5) is 17.1 Å². The van der Waals surface area contributed by atoms with Crippen LogP contribution in [-0.4, -0.2) is 0 Å². The summed E-state index contributed by atoms with van der Waals surface area (Å²) in [4.78, 5) is 2.47. The molecule has 0 amide bonds. The second-order valence-corrected chi connectivity index (χ2v) is 16.8. The SMILES string of the molecule is c1ccc(-c2ccc(N(c3cccc(-c4cccc(-c5cc6ccccc6c6ccccc56)c4)c3)c3cccc4c3-c3ccccc3C4(c3ccccc3)c3ccccc3)cc2)cc1. The molecule has 0 bridgehead atoms. The molecule has 0 spiro atoms. The van der Waals surface area contributed by atoms with Crippen LogP contribution in [0.5, 0.6) is 0 Å². The van der Waals surface area contributed by atoms with Crippen LogP contribution in [0.15, 0.2) is 261 Å². The Hall–Kier alpha value is -8.26. The molecule has 1 nitrogen and oxygen atoms in total. The van der Waals surface area contributed by atoms with E-state index in [0.29, 0.717) is 0 Å². The van der Waals surface area contributed by atoms with Crippen molar-refractivity contribution in [3.8, 4) is 44.5 Å². The zero-order chi connectivity index (χ0) is 42.5. The van der Waals surface area contributed by atoms with Gasteiger partial charge in [-0.15, -0.1) is 0 Å². The van der Waals surface area contributed by atoms with E-state index in [-0.39, 0.29) is 0 Å². The number of hydrogen-bond donors (Lipinski definition) is 0. The van der Waals surface area contributed by atoms with Gasteiger partial charge in [0.25, 0.3) is 0 Å². The van der Waals surface area contributed by atoms with Crippen molar-refractivity contribution in [1.29, 1.82) is 0 Å². The van der Waals surface area contributed by atoms with Crippen LogP contribution in [0.1, 0.15) is 22.3 Å². The lowest BCUT2D eigenvalue weighted by Crippen LogP contribution is -2.28. The molecule has 0 fully saturated rings. The Balaban J connectivity index is 1.06. The molecule has 0 radical (unpaired) electrons. The Bertz CT molecular complexity index is 3440. The third-order valence-corrected chi connectivity index (χ3v) is 13.3. The maximum atomic E-state index is 2.47. The molecule has 1 aliphatic rings. The summed E-state index contributed by atoms with van der Waals surface area (Å²) in [5.41, 5.74) is 17.5. The highest BCUT2D eigenvalue weighted by Crippen LogP contribution is 2.59. The monoisotopic (exact) mass is 813 g/mol. The lowest BCUT2D eigenvalue weighted by atomic mass is 9.68. The Morgan fingerprint density at radius 1 is 0.281 bits per heavy atom. The van der Waals surface area contributed by atoms with Gasteiger partial charge in [0.15, 0.2) is 0 Å². The first-order chi connectivity index (χ1) is 31.8. The molecule has 300 valence electrons. The van der Waals surface area contributed by atoms with Crippen LogP contribution in [-0.2, 0) is 5.41 Å². The van der Waals surface area contributed by atoms with E-state index in [9.17, 15) is 0 Å². The van der Waals surface area contributed by atoms with E-state index >= 15 is 0 Å². The lowest BCUT2D eigenvalue weighted by Gasteiger charge is -2.34. The summed E-state index contributed by atoms with van der Waals surface area (Å²) in [5.74, 6) is 0. The van der Waals surface area contributed by atoms with Crippen molar-refractivity contribution in [2.45, 2.75) is 5.41 Å². The van der Waals surface area contributed by atoms with Gasteiger partial charge in [0.05, 0.1) is 11.1 Å². The average Bonchev–Trinajstić information content (AvgIpc) is 3.69. The Morgan fingerprint density at radius 2 is 0.812 bits per heavy atom. The Labute approximate surface area is 374 Å². The first-order valence-corrected chi connectivity index (χ1v) is 22.2. The summed E-state index contributed by atoms with van der Waals surface area (Å²) in [5, 5.41) is 5.07. The quantitative estimate of drug-likeness (QED) is 0.138. The predicted molar refractivity (Wildman–Crippen MR) is 270 cm³/mol. The zero-order valence-electron chi connectivity index (χ0n) is 35.3. The predicted octanol–water partition coefficient (Wildman–Crippen LogP) is 16.8. The van der Waals surface area contributed by atoms with Gasteiger partial charge in [-0.05, 0) is 125 Å². The summed E-state index contributed by atoms with van der Waals surface area (Å²) < 4.78 is 0. The van der Waals surface area contributed by atoms with Gasteiger partial charge in [-0.3, -0.25) is 0 Å². The summed E-state index contributed by atoms with van der Waals surface area (Å²) in [6.07, 6.45) is 0. The molecule has 64 heavy (non-hydrogen) atoms. The molecule has 0 N–H and O–H groups in total. The minimum absolute atomic E-state index is 0.511. The molecular formula is C63H43N. The van der Waals surface area contributed by atoms with Crippen molar-refractivity contribution >= 4 is 38.6 Å². The van der Waals surface area contributed by atoms with Crippen molar-refractivity contribution in [1.82, 2.24) is 0 Å². The second kappa shape index (κ2) is 15.6. The Morgan fingerprint density at radius 3 is 1.56 bits per heavy atom. The fourth-order valence-electron chi connectivity index (χ4n) is 10.5. The number of hydrogen-bond acceptors (Lipinski definition) is 1. The van der Waals surface area contributed by atoms with Gasteiger partial charge in [-0.2, -0.15) is 0 Å². The maximum Gasteiger partial charge on any atom is 0.0714 e. The second-order valence-electron chi connectivity index (χ2n) is 16.8. The highest BCUT2D eigenvalue weighted by molar-refractivity contribution is 6.14. The average molecular weight is 814 g/mol. The molecular weight excluding hydrogens is 771 g/mol. The molecule has 0 saturated carbocycles. The molecule has 0 unspecified atom stereocenters. The minimum atomic E-state index is -0.511. The van der Waals surface area contributed by atoms with E-state index in [4.69, 9.17) is 0 Å². The highest BCUT2D eigenvalue weighted by Gasteiger charge is 2.47. The van der Waals surface area contributed by atoms with E-state index in [1.807, 2.05) is 0 Å². The van der Waals surface area contributed by atoms with Crippen molar-refractivity contribution in [3.63, 3.8) is 0 Å². The Kier molecular flexibility index (Phi) is 9.13. The van der Waals surface area contributed by atoms with Crippen LogP contribution in [0.2, 0.25) is 0 Å². The number of nitrogens with zero attached hydrogens (tertiary/aromatic N) is 1. The van der Waals surface area contributed by atoms with Crippen LogP contribution in [0.25, 0.3) is 66.1 Å². The van der Waals surface area contributed by atoms with Gasteiger partial charge in [0.2, 0.25) is 0 Å². The molecule has 0 aliphatic heterocycles. The summed E-state index contributed by atoms with van der Waals surface area (Å²) in [6.45, 7) is 0. The number of anilines is 3. The van der Waals surface area contributed by atoms with Gasteiger partial charge >= 0.3 is 0 Å². The van der Waals surface area contributed by atoms with Crippen LogP contribution in [0.3, 0.4) is 0 Å². The van der Waals surface area contributed by atoms with Crippen LogP contribution >= 0.6 is 0 Å². The molecule has 0 atom stereocenters. The molecule has 1 aliphatic carbocycles. The largest absolute Gasteiger partial charge is 0.310 e. The molecule has 11 aromatic rings. The first-order valence-electron chi connectivity index (χ1n) is 22.2. The van der Waals surface area contributed by atoms with Gasteiger partial charge in [0.1, 0.15) is 0 Å². The number of rotatable bonds is 8. The minimum Gasteiger partial charge on any atom is -0.310 e.